The van der Waals surface area contributed by atoms with Crippen LogP contribution in [0.25, 0.3) is 0 Å². The first-order valence-corrected chi connectivity index (χ1v) is 10.1. The van der Waals surface area contributed by atoms with E-state index in [-0.39, 0.29) is 41.4 Å². The Balaban J connectivity index is 1.67. The Morgan fingerprint density at radius 1 is 1.31 bits per heavy atom. The molecule has 2 aliphatic heterocycles. The number of ether oxygens (including phenoxy) is 1. The zero-order chi connectivity index (χ0) is 19.0. The number of carboxylic acid groups (broad SMARTS) is 1. The molecule has 0 bridgehead atoms. The Bertz CT molecular complexity index is 640. The van der Waals surface area contributed by atoms with Crippen molar-refractivity contribution in [1.82, 2.24) is 4.90 Å². The highest BCUT2D eigenvalue weighted by Gasteiger charge is 2.60. The van der Waals surface area contributed by atoms with Gasteiger partial charge in [0.2, 0.25) is 5.91 Å². The molecule has 0 unspecified atom stereocenters. The van der Waals surface area contributed by atoms with Gasteiger partial charge in [-0.25, -0.2) is 4.79 Å². The van der Waals surface area contributed by atoms with Crippen molar-refractivity contribution in [2.45, 2.75) is 64.2 Å². The molecule has 2 fully saturated rings. The molecule has 1 amide bonds. The normalized spacial score (nSPS) is 30.0. The summed E-state index contributed by atoms with van der Waals surface area (Å²) in [7, 11) is 0. The average Bonchev–Trinajstić information content (AvgIpc) is 2.82. The SMILES string of the molecule is C[C@@H](O)[C@H]1C(=O)N2C(C(=O)O)=C(SCC(=O)OC3CCCCC3)[C@H](C)[C@H]12. The highest BCUT2D eigenvalue weighted by Crippen LogP contribution is 2.50. The molecule has 3 aliphatic rings. The van der Waals surface area contributed by atoms with Gasteiger partial charge in [-0.2, -0.15) is 0 Å². The number of nitrogens with zero attached hydrogens (tertiary/aromatic N) is 1. The van der Waals surface area contributed by atoms with E-state index in [1.165, 1.54) is 11.3 Å². The molecule has 0 aromatic heterocycles. The lowest BCUT2D eigenvalue weighted by Gasteiger charge is -2.46. The van der Waals surface area contributed by atoms with E-state index in [0.717, 1.165) is 37.4 Å². The zero-order valence-electron chi connectivity index (χ0n) is 15.0. The number of aliphatic hydroxyl groups excluding tert-OH is 1. The molecule has 7 nitrogen and oxygen atoms in total. The predicted molar refractivity (Wildman–Crippen MR) is 95.1 cm³/mol. The van der Waals surface area contributed by atoms with E-state index < -0.39 is 18.0 Å². The molecule has 2 N–H and O–H groups in total. The zero-order valence-corrected chi connectivity index (χ0v) is 15.8. The van der Waals surface area contributed by atoms with Gasteiger partial charge in [0.1, 0.15) is 11.8 Å². The van der Waals surface area contributed by atoms with Gasteiger partial charge in [0, 0.05) is 10.8 Å². The maximum Gasteiger partial charge on any atom is 0.353 e. The lowest BCUT2D eigenvalue weighted by atomic mass is 9.79. The van der Waals surface area contributed by atoms with Gasteiger partial charge in [0.15, 0.2) is 0 Å². The largest absolute Gasteiger partial charge is 0.477 e. The lowest BCUT2D eigenvalue weighted by Crippen LogP contribution is -2.63. The standard InChI is InChI=1S/C18H25NO6S/c1-9-14-13(10(2)20)17(22)19(14)15(18(23)24)16(9)26-8-12(21)25-11-6-4-3-5-7-11/h9-11,13-14,20H,3-8H2,1-2H3,(H,23,24)/t9-,10-,13-,14-/m1/s1. The molecule has 4 atom stereocenters. The molecule has 1 aliphatic carbocycles. The van der Waals surface area contributed by atoms with Gasteiger partial charge in [0.05, 0.1) is 23.8 Å². The maximum atomic E-state index is 12.3. The quantitative estimate of drug-likeness (QED) is 0.532. The molecule has 0 spiro atoms. The van der Waals surface area contributed by atoms with Crippen molar-refractivity contribution in [3.05, 3.63) is 10.6 Å². The van der Waals surface area contributed by atoms with Gasteiger partial charge in [-0.05, 0) is 32.6 Å². The van der Waals surface area contributed by atoms with E-state index in [2.05, 4.69) is 0 Å². The van der Waals surface area contributed by atoms with E-state index >= 15 is 0 Å². The highest BCUT2D eigenvalue weighted by molar-refractivity contribution is 8.03. The van der Waals surface area contributed by atoms with Crippen LogP contribution in [0.4, 0.5) is 0 Å². The predicted octanol–water partition coefficient (Wildman–Crippen LogP) is 1.75. The van der Waals surface area contributed by atoms with Gasteiger partial charge in [-0.15, -0.1) is 11.8 Å². The third kappa shape index (κ3) is 3.36. The van der Waals surface area contributed by atoms with Crippen molar-refractivity contribution in [2.75, 3.05) is 5.75 Å². The second-order valence-corrected chi connectivity index (χ2v) is 8.33. The van der Waals surface area contributed by atoms with E-state index in [1.54, 1.807) is 6.92 Å². The van der Waals surface area contributed by atoms with Crippen LogP contribution in [0.15, 0.2) is 10.6 Å². The van der Waals surface area contributed by atoms with Crippen LogP contribution >= 0.6 is 11.8 Å². The van der Waals surface area contributed by atoms with Gasteiger partial charge < -0.3 is 19.8 Å². The molecule has 26 heavy (non-hydrogen) atoms. The molecule has 2 heterocycles. The number of fused-ring (bicyclic) bond motifs is 1. The number of amides is 1. The Morgan fingerprint density at radius 2 is 1.96 bits per heavy atom. The molecule has 3 rings (SSSR count). The Kier molecular flexibility index (Phi) is 5.62. The molecular weight excluding hydrogens is 358 g/mol. The Morgan fingerprint density at radius 3 is 2.54 bits per heavy atom. The number of thioether (sulfide) groups is 1. The van der Waals surface area contributed by atoms with Gasteiger partial charge >= 0.3 is 11.9 Å². The summed E-state index contributed by atoms with van der Waals surface area (Å²) in [5, 5.41) is 19.4. The second-order valence-electron chi connectivity index (χ2n) is 7.31. The first kappa shape index (κ1) is 19.2. The van der Waals surface area contributed by atoms with Crippen molar-refractivity contribution in [3.63, 3.8) is 0 Å². The number of carboxylic acids is 1. The number of rotatable bonds is 6. The van der Waals surface area contributed by atoms with E-state index in [1.807, 2.05) is 6.92 Å². The van der Waals surface area contributed by atoms with Crippen LogP contribution < -0.4 is 0 Å². The molecule has 0 aromatic carbocycles. The third-order valence-corrected chi connectivity index (χ3v) is 6.76. The molecule has 1 saturated carbocycles. The number of aliphatic hydroxyl groups is 1. The van der Waals surface area contributed by atoms with Crippen LogP contribution in [0, 0.1) is 11.8 Å². The fraction of sp³-hybridized carbons (Fsp3) is 0.722. The summed E-state index contributed by atoms with van der Waals surface area (Å²) in [6, 6.07) is -0.356. The van der Waals surface area contributed by atoms with Crippen molar-refractivity contribution in [1.29, 1.82) is 0 Å². The summed E-state index contributed by atoms with van der Waals surface area (Å²) in [6.07, 6.45) is 4.21. The topological polar surface area (TPSA) is 104 Å². The minimum Gasteiger partial charge on any atom is -0.477 e. The van der Waals surface area contributed by atoms with Crippen LogP contribution in [0.1, 0.15) is 46.0 Å². The fourth-order valence-electron chi connectivity index (χ4n) is 4.25. The number of aliphatic carboxylic acids is 1. The first-order chi connectivity index (χ1) is 12.3. The molecule has 8 heteroatoms. The molecular formula is C18H25NO6S. The molecule has 0 radical (unpaired) electrons. The smallest absolute Gasteiger partial charge is 0.353 e. The van der Waals surface area contributed by atoms with Crippen molar-refractivity contribution < 1.29 is 29.3 Å². The monoisotopic (exact) mass is 383 g/mol. The Labute approximate surface area is 156 Å². The summed E-state index contributed by atoms with van der Waals surface area (Å²) in [5.74, 6) is -2.69. The molecule has 144 valence electrons. The number of hydrogen-bond donors (Lipinski definition) is 2. The van der Waals surface area contributed by atoms with Gasteiger partial charge in [-0.3, -0.25) is 9.59 Å². The number of β-lactam (4-membered cyclic amide) rings is 1. The van der Waals surface area contributed by atoms with Crippen LogP contribution in [-0.4, -0.2) is 57.0 Å². The number of carbonyl (C=O) groups is 3. The Hall–Kier alpha value is -1.54. The summed E-state index contributed by atoms with van der Waals surface area (Å²) in [5.41, 5.74) is -0.0557. The summed E-state index contributed by atoms with van der Waals surface area (Å²) >= 11 is 1.14. The van der Waals surface area contributed by atoms with Gasteiger partial charge in [0.25, 0.3) is 0 Å². The van der Waals surface area contributed by atoms with E-state index in [0.29, 0.717) is 4.91 Å². The average molecular weight is 383 g/mol. The highest BCUT2D eigenvalue weighted by atomic mass is 32.2. The third-order valence-electron chi connectivity index (χ3n) is 5.51. The van der Waals surface area contributed by atoms with Crippen molar-refractivity contribution in [3.8, 4) is 0 Å². The second kappa shape index (κ2) is 7.60. The van der Waals surface area contributed by atoms with Crippen molar-refractivity contribution in [2.24, 2.45) is 11.8 Å². The minimum absolute atomic E-state index is 0.0288. The van der Waals surface area contributed by atoms with Gasteiger partial charge in [-0.1, -0.05) is 13.3 Å². The van der Waals surface area contributed by atoms with Crippen LogP contribution in [0.2, 0.25) is 0 Å². The summed E-state index contributed by atoms with van der Waals surface area (Å²) in [4.78, 5) is 37.9. The molecule has 1 saturated heterocycles. The first-order valence-electron chi connectivity index (χ1n) is 9.13. The number of esters is 1. The fourth-order valence-corrected chi connectivity index (χ4v) is 5.32. The van der Waals surface area contributed by atoms with Crippen LogP contribution in [-0.2, 0) is 19.1 Å². The lowest BCUT2D eigenvalue weighted by molar-refractivity contribution is -0.163. The molecule has 0 aromatic rings. The number of carbonyl (C=O) groups excluding carboxylic acids is 2. The van der Waals surface area contributed by atoms with Crippen LogP contribution in [0.3, 0.4) is 0 Å². The van der Waals surface area contributed by atoms with E-state index in [9.17, 15) is 24.6 Å². The minimum atomic E-state index is -1.18. The summed E-state index contributed by atoms with van der Waals surface area (Å²) < 4.78 is 5.48. The number of hydrogen-bond acceptors (Lipinski definition) is 6. The summed E-state index contributed by atoms with van der Waals surface area (Å²) in [6.45, 7) is 3.38. The maximum absolute atomic E-state index is 12.3. The van der Waals surface area contributed by atoms with Crippen LogP contribution in [0.5, 0.6) is 0 Å². The van der Waals surface area contributed by atoms with Crippen molar-refractivity contribution >= 4 is 29.6 Å². The van der Waals surface area contributed by atoms with E-state index in [4.69, 9.17) is 4.74 Å².